The molecule has 0 aromatic rings. The summed E-state index contributed by atoms with van der Waals surface area (Å²) >= 11 is 0. The Morgan fingerprint density at radius 3 is 2.27 bits per heavy atom. The van der Waals surface area contributed by atoms with Gasteiger partial charge in [-0.1, -0.05) is 0 Å². The smallest absolute Gasteiger partial charge is 0.319 e. The monoisotopic (exact) mass is 214 g/mol. The van der Waals surface area contributed by atoms with Crippen molar-refractivity contribution in [3.05, 3.63) is 0 Å². The summed E-state index contributed by atoms with van der Waals surface area (Å²) in [5.41, 5.74) is 0. The molecule has 0 saturated carbocycles. The lowest BCUT2D eigenvalue weighted by Gasteiger charge is -2.33. The third-order valence-electron chi connectivity index (χ3n) is 2.73. The third kappa shape index (κ3) is 3.42. The summed E-state index contributed by atoms with van der Waals surface area (Å²) in [4.78, 5) is 25.4. The van der Waals surface area contributed by atoms with Crippen LogP contribution in [0.1, 0.15) is 19.3 Å². The molecule has 1 N–H and O–H groups in total. The number of rotatable bonds is 2. The number of carboxylic acid groups (broad SMARTS) is 1. The van der Waals surface area contributed by atoms with E-state index in [-0.39, 0.29) is 18.4 Å². The van der Waals surface area contributed by atoms with E-state index in [0.29, 0.717) is 13.1 Å². The minimum atomic E-state index is -0.743. The second kappa shape index (κ2) is 5.00. The van der Waals surface area contributed by atoms with E-state index in [2.05, 4.69) is 0 Å². The fourth-order valence-corrected chi connectivity index (χ4v) is 1.86. The number of amides is 2. The number of hydrogen-bond donors (Lipinski definition) is 1. The second-order valence-corrected chi connectivity index (χ2v) is 4.21. The zero-order valence-corrected chi connectivity index (χ0v) is 9.27. The Labute approximate surface area is 89.7 Å². The predicted molar refractivity (Wildman–Crippen MR) is 55.6 cm³/mol. The molecule has 2 amide bonds. The van der Waals surface area contributed by atoms with Crippen LogP contribution in [0.15, 0.2) is 0 Å². The lowest BCUT2D eigenvalue weighted by Crippen LogP contribution is -2.44. The lowest BCUT2D eigenvalue weighted by atomic mass is 9.94. The van der Waals surface area contributed by atoms with Crippen LogP contribution >= 0.6 is 0 Å². The first kappa shape index (κ1) is 11.8. The molecule has 5 heteroatoms. The Bertz CT molecular complexity index is 245. The molecule has 1 fully saturated rings. The summed E-state index contributed by atoms with van der Waals surface area (Å²) in [7, 11) is 3.46. The van der Waals surface area contributed by atoms with Gasteiger partial charge < -0.3 is 14.9 Å². The van der Waals surface area contributed by atoms with Crippen molar-refractivity contribution in [2.75, 3.05) is 27.2 Å². The minimum Gasteiger partial charge on any atom is -0.481 e. The first-order valence-electron chi connectivity index (χ1n) is 5.18. The van der Waals surface area contributed by atoms with Crippen LogP contribution in [0.3, 0.4) is 0 Å². The highest BCUT2D eigenvalue weighted by Gasteiger charge is 2.24. The van der Waals surface area contributed by atoms with E-state index < -0.39 is 5.97 Å². The number of carboxylic acids is 1. The maximum absolute atomic E-state index is 11.6. The van der Waals surface area contributed by atoms with Gasteiger partial charge in [-0.05, 0) is 18.8 Å². The van der Waals surface area contributed by atoms with E-state index >= 15 is 0 Å². The van der Waals surface area contributed by atoms with E-state index in [1.165, 1.54) is 0 Å². The van der Waals surface area contributed by atoms with Gasteiger partial charge in [-0.3, -0.25) is 4.79 Å². The molecule has 0 aromatic heterocycles. The molecule has 1 heterocycles. The maximum Gasteiger partial charge on any atom is 0.319 e. The van der Waals surface area contributed by atoms with E-state index in [9.17, 15) is 9.59 Å². The number of nitrogens with zero attached hydrogens (tertiary/aromatic N) is 2. The molecule has 0 aliphatic carbocycles. The first-order valence-corrected chi connectivity index (χ1v) is 5.18. The SMILES string of the molecule is CN(C)C(=O)N1CCC(CC(=O)O)CC1. The fourth-order valence-electron chi connectivity index (χ4n) is 1.86. The average Bonchev–Trinajstić information content (AvgIpc) is 2.17. The third-order valence-corrected chi connectivity index (χ3v) is 2.73. The summed E-state index contributed by atoms with van der Waals surface area (Å²) < 4.78 is 0. The highest BCUT2D eigenvalue weighted by Crippen LogP contribution is 2.20. The summed E-state index contributed by atoms with van der Waals surface area (Å²) in [6, 6.07) is 0.0174. The van der Waals surface area contributed by atoms with Crippen LogP contribution in [0, 0.1) is 5.92 Å². The summed E-state index contributed by atoms with van der Waals surface area (Å²) in [6.45, 7) is 1.35. The number of carbonyl (C=O) groups excluding carboxylic acids is 1. The van der Waals surface area contributed by atoms with Crippen molar-refractivity contribution in [1.29, 1.82) is 0 Å². The van der Waals surface area contributed by atoms with Crippen molar-refractivity contribution in [3.8, 4) is 0 Å². The van der Waals surface area contributed by atoms with Gasteiger partial charge in [0.1, 0.15) is 0 Å². The van der Waals surface area contributed by atoms with Gasteiger partial charge in [0.25, 0.3) is 0 Å². The molecule has 15 heavy (non-hydrogen) atoms. The summed E-state index contributed by atoms with van der Waals surface area (Å²) in [5, 5.41) is 8.64. The fraction of sp³-hybridized carbons (Fsp3) is 0.800. The number of hydrogen-bond acceptors (Lipinski definition) is 2. The molecular formula is C10H18N2O3. The van der Waals surface area contributed by atoms with Gasteiger partial charge in [-0.2, -0.15) is 0 Å². The molecule has 1 aliphatic rings. The molecule has 0 aromatic carbocycles. The molecule has 86 valence electrons. The minimum absolute atomic E-state index is 0.0174. The molecule has 0 spiro atoms. The molecular weight excluding hydrogens is 196 g/mol. The maximum atomic E-state index is 11.6. The number of likely N-dealkylation sites (tertiary alicyclic amines) is 1. The van der Waals surface area contributed by atoms with E-state index in [1.807, 2.05) is 0 Å². The van der Waals surface area contributed by atoms with E-state index in [4.69, 9.17) is 5.11 Å². The van der Waals surface area contributed by atoms with Crippen LogP contribution in [0.4, 0.5) is 4.79 Å². The number of aliphatic carboxylic acids is 1. The zero-order valence-electron chi connectivity index (χ0n) is 9.27. The number of piperidine rings is 1. The standard InChI is InChI=1S/C10H18N2O3/c1-11(2)10(15)12-5-3-8(4-6-12)7-9(13)14/h8H,3-7H2,1-2H3,(H,13,14). The van der Waals surface area contributed by atoms with Gasteiger partial charge in [0.2, 0.25) is 0 Å². The van der Waals surface area contributed by atoms with E-state index in [1.54, 1.807) is 23.9 Å². The van der Waals surface area contributed by atoms with Crippen LogP contribution in [0.2, 0.25) is 0 Å². The summed E-state index contributed by atoms with van der Waals surface area (Å²) in [5.74, 6) is -0.513. The Kier molecular flexibility index (Phi) is 3.94. The van der Waals surface area contributed by atoms with Gasteiger partial charge >= 0.3 is 12.0 Å². The Hall–Kier alpha value is -1.26. The highest BCUT2D eigenvalue weighted by molar-refractivity contribution is 5.74. The second-order valence-electron chi connectivity index (χ2n) is 4.21. The molecule has 0 atom stereocenters. The Morgan fingerprint density at radius 2 is 1.87 bits per heavy atom. The van der Waals surface area contributed by atoms with Gasteiger partial charge in [0.05, 0.1) is 0 Å². The Balaban J connectivity index is 2.35. The molecule has 1 aliphatic heterocycles. The first-order chi connectivity index (χ1) is 7.00. The van der Waals surface area contributed by atoms with Gasteiger partial charge in [0, 0.05) is 33.6 Å². The highest BCUT2D eigenvalue weighted by atomic mass is 16.4. The van der Waals surface area contributed by atoms with Crippen molar-refractivity contribution >= 4 is 12.0 Å². The molecule has 0 bridgehead atoms. The van der Waals surface area contributed by atoms with Crippen LogP contribution in [0.25, 0.3) is 0 Å². The van der Waals surface area contributed by atoms with Gasteiger partial charge in [-0.25, -0.2) is 4.79 Å². The van der Waals surface area contributed by atoms with Crippen molar-refractivity contribution in [1.82, 2.24) is 9.80 Å². The average molecular weight is 214 g/mol. The van der Waals surface area contributed by atoms with Crippen molar-refractivity contribution < 1.29 is 14.7 Å². The van der Waals surface area contributed by atoms with Crippen LogP contribution in [0.5, 0.6) is 0 Å². The topological polar surface area (TPSA) is 60.9 Å². The molecule has 5 nitrogen and oxygen atoms in total. The predicted octanol–water partition coefficient (Wildman–Crippen LogP) is 0.855. The van der Waals surface area contributed by atoms with Crippen molar-refractivity contribution in [2.45, 2.75) is 19.3 Å². The van der Waals surface area contributed by atoms with E-state index in [0.717, 1.165) is 12.8 Å². The van der Waals surface area contributed by atoms with Crippen molar-refractivity contribution in [2.24, 2.45) is 5.92 Å². The molecule has 1 saturated heterocycles. The molecule has 0 unspecified atom stereocenters. The molecule has 1 rings (SSSR count). The normalized spacial score (nSPS) is 17.6. The zero-order chi connectivity index (χ0) is 11.4. The number of carbonyl (C=O) groups is 2. The Morgan fingerprint density at radius 1 is 1.33 bits per heavy atom. The van der Waals surface area contributed by atoms with Crippen molar-refractivity contribution in [3.63, 3.8) is 0 Å². The lowest BCUT2D eigenvalue weighted by molar-refractivity contribution is -0.138. The molecule has 0 radical (unpaired) electrons. The van der Waals surface area contributed by atoms with Gasteiger partial charge in [0.15, 0.2) is 0 Å². The number of urea groups is 1. The van der Waals surface area contributed by atoms with Gasteiger partial charge in [-0.15, -0.1) is 0 Å². The largest absolute Gasteiger partial charge is 0.481 e. The van der Waals surface area contributed by atoms with Crippen LogP contribution in [-0.2, 0) is 4.79 Å². The quantitative estimate of drug-likeness (QED) is 0.741. The van der Waals surface area contributed by atoms with Crippen LogP contribution < -0.4 is 0 Å². The summed E-state index contributed by atoms with van der Waals surface area (Å²) in [6.07, 6.45) is 1.82. The van der Waals surface area contributed by atoms with Crippen LogP contribution in [-0.4, -0.2) is 54.1 Å².